The van der Waals surface area contributed by atoms with Crippen molar-refractivity contribution in [3.8, 4) is 5.82 Å². The van der Waals surface area contributed by atoms with Gasteiger partial charge >= 0.3 is 0 Å². The van der Waals surface area contributed by atoms with Crippen molar-refractivity contribution in [1.29, 1.82) is 0 Å². The Hall–Kier alpha value is -3.56. The van der Waals surface area contributed by atoms with Crippen molar-refractivity contribution in [3.05, 3.63) is 54.6 Å². The molecule has 0 radical (unpaired) electrons. The highest BCUT2D eigenvalue weighted by molar-refractivity contribution is 5.93. The van der Waals surface area contributed by atoms with E-state index in [1.165, 1.54) is 23.6 Å². The monoisotopic (exact) mass is 353 g/mol. The van der Waals surface area contributed by atoms with Crippen LogP contribution in [0.5, 0.6) is 0 Å². The number of carbonyl (C=O) groups is 2. The van der Waals surface area contributed by atoms with Gasteiger partial charge in [0.2, 0.25) is 0 Å². The van der Waals surface area contributed by atoms with Gasteiger partial charge < -0.3 is 14.2 Å². The Kier molecular flexibility index (Phi) is 4.14. The average Bonchev–Trinajstić information content (AvgIpc) is 3.41. The molecule has 1 saturated heterocycles. The number of hydrogen-bond donors (Lipinski definition) is 0. The summed E-state index contributed by atoms with van der Waals surface area (Å²) in [6.45, 7) is 1.74. The van der Waals surface area contributed by atoms with Crippen LogP contribution in [0, 0.1) is 0 Å². The Morgan fingerprint density at radius 1 is 0.962 bits per heavy atom. The minimum atomic E-state index is -0.215. The Bertz CT molecular complexity index is 883. The third-order valence-electron chi connectivity index (χ3n) is 4.11. The second kappa shape index (κ2) is 6.75. The van der Waals surface area contributed by atoms with Crippen LogP contribution in [0.3, 0.4) is 0 Å². The number of furan rings is 1. The molecular weight excluding hydrogens is 338 g/mol. The van der Waals surface area contributed by atoms with Gasteiger partial charge in [-0.05, 0) is 24.3 Å². The summed E-state index contributed by atoms with van der Waals surface area (Å²) in [7, 11) is 0. The molecule has 3 aromatic heterocycles. The zero-order chi connectivity index (χ0) is 17.9. The fourth-order valence-electron chi connectivity index (χ4n) is 2.72. The fourth-order valence-corrected chi connectivity index (χ4v) is 2.72. The van der Waals surface area contributed by atoms with Crippen molar-refractivity contribution in [2.24, 2.45) is 0 Å². The van der Waals surface area contributed by atoms with Crippen molar-refractivity contribution in [2.75, 3.05) is 26.2 Å². The van der Waals surface area contributed by atoms with Crippen LogP contribution >= 0.6 is 0 Å². The standard InChI is InChI=1S/C16H15N7O3/c24-15(12-3-4-14(20-19-12)23-11-17-10-18-23)21-5-7-22(8-6-21)16(25)13-2-1-9-26-13/h1-4,9-11H,5-8H2. The summed E-state index contributed by atoms with van der Waals surface area (Å²) in [6, 6.07) is 6.57. The highest BCUT2D eigenvalue weighted by Gasteiger charge is 2.27. The molecule has 1 aliphatic heterocycles. The van der Waals surface area contributed by atoms with E-state index in [-0.39, 0.29) is 17.5 Å². The van der Waals surface area contributed by atoms with Crippen LogP contribution in [-0.2, 0) is 0 Å². The number of hydrogen-bond acceptors (Lipinski definition) is 7. The molecule has 26 heavy (non-hydrogen) atoms. The summed E-state index contributed by atoms with van der Waals surface area (Å²) in [5.41, 5.74) is 0.250. The molecule has 0 spiro atoms. The molecule has 10 heteroatoms. The van der Waals surface area contributed by atoms with E-state index in [9.17, 15) is 9.59 Å². The number of piperazine rings is 1. The molecule has 0 saturated carbocycles. The fraction of sp³-hybridized carbons (Fsp3) is 0.250. The minimum Gasteiger partial charge on any atom is -0.459 e. The molecule has 0 bridgehead atoms. The first-order valence-corrected chi connectivity index (χ1v) is 8.03. The van der Waals surface area contributed by atoms with Crippen LogP contribution in [0.1, 0.15) is 21.0 Å². The molecule has 0 aromatic carbocycles. The van der Waals surface area contributed by atoms with Crippen LogP contribution in [0.15, 0.2) is 47.6 Å². The molecule has 1 aliphatic rings. The van der Waals surface area contributed by atoms with Gasteiger partial charge in [0, 0.05) is 26.2 Å². The molecule has 0 atom stereocenters. The normalized spacial score (nSPS) is 14.5. The molecule has 10 nitrogen and oxygen atoms in total. The van der Waals surface area contributed by atoms with Gasteiger partial charge in [-0.15, -0.1) is 10.2 Å². The predicted molar refractivity (Wildman–Crippen MR) is 87.5 cm³/mol. The molecule has 0 aliphatic carbocycles. The van der Waals surface area contributed by atoms with E-state index in [1.54, 1.807) is 34.1 Å². The van der Waals surface area contributed by atoms with Crippen LogP contribution in [0.2, 0.25) is 0 Å². The SMILES string of the molecule is O=C(c1ccc(-n2cncn2)nn1)N1CCN(C(=O)c2ccco2)CC1. The van der Waals surface area contributed by atoms with Crippen LogP contribution in [0.4, 0.5) is 0 Å². The number of aromatic nitrogens is 5. The van der Waals surface area contributed by atoms with Crippen molar-refractivity contribution in [3.63, 3.8) is 0 Å². The Morgan fingerprint density at radius 2 is 1.73 bits per heavy atom. The predicted octanol–water partition coefficient (Wildman–Crippen LogP) is 0.248. The Balaban J connectivity index is 1.38. The minimum absolute atomic E-state index is 0.168. The maximum atomic E-state index is 12.6. The van der Waals surface area contributed by atoms with Gasteiger partial charge in [-0.1, -0.05) is 0 Å². The van der Waals surface area contributed by atoms with Gasteiger partial charge in [-0.25, -0.2) is 9.67 Å². The maximum absolute atomic E-state index is 12.6. The molecule has 4 heterocycles. The van der Waals surface area contributed by atoms with E-state index in [4.69, 9.17) is 4.42 Å². The second-order valence-corrected chi connectivity index (χ2v) is 5.68. The van der Waals surface area contributed by atoms with Gasteiger partial charge in [-0.3, -0.25) is 9.59 Å². The number of rotatable bonds is 3. The molecule has 0 unspecified atom stereocenters. The van der Waals surface area contributed by atoms with Gasteiger partial charge in [0.15, 0.2) is 17.3 Å². The van der Waals surface area contributed by atoms with Crippen molar-refractivity contribution >= 4 is 11.8 Å². The molecule has 132 valence electrons. The van der Waals surface area contributed by atoms with Crippen LogP contribution in [-0.4, -0.2) is 72.8 Å². The zero-order valence-electron chi connectivity index (χ0n) is 13.7. The molecule has 2 amide bonds. The Morgan fingerprint density at radius 3 is 2.31 bits per heavy atom. The molecule has 0 N–H and O–H groups in total. The van der Waals surface area contributed by atoms with Gasteiger partial charge in [-0.2, -0.15) is 5.10 Å². The summed E-state index contributed by atoms with van der Waals surface area (Å²) in [5, 5.41) is 11.9. The Labute approximate surface area is 148 Å². The summed E-state index contributed by atoms with van der Waals surface area (Å²) in [4.78, 5) is 32.0. The highest BCUT2D eigenvalue weighted by atomic mass is 16.3. The largest absolute Gasteiger partial charge is 0.459 e. The maximum Gasteiger partial charge on any atom is 0.289 e. The quantitative estimate of drug-likeness (QED) is 0.663. The number of nitrogens with zero attached hydrogens (tertiary/aromatic N) is 7. The first kappa shape index (κ1) is 15.9. The molecular formula is C16H15N7O3. The average molecular weight is 353 g/mol. The second-order valence-electron chi connectivity index (χ2n) is 5.68. The highest BCUT2D eigenvalue weighted by Crippen LogP contribution is 2.11. The summed E-state index contributed by atoms with van der Waals surface area (Å²) in [6.07, 6.45) is 4.36. The van der Waals surface area contributed by atoms with Crippen molar-refractivity contribution in [2.45, 2.75) is 0 Å². The van der Waals surface area contributed by atoms with Gasteiger partial charge in [0.25, 0.3) is 11.8 Å². The van der Waals surface area contributed by atoms with E-state index in [0.29, 0.717) is 37.8 Å². The summed E-state index contributed by atoms with van der Waals surface area (Å²) in [5.74, 6) is 0.402. The van der Waals surface area contributed by atoms with E-state index >= 15 is 0 Å². The van der Waals surface area contributed by atoms with Gasteiger partial charge in [0.1, 0.15) is 12.7 Å². The van der Waals surface area contributed by atoms with E-state index in [1.807, 2.05) is 0 Å². The van der Waals surface area contributed by atoms with E-state index in [0.717, 1.165) is 0 Å². The van der Waals surface area contributed by atoms with Crippen LogP contribution in [0.25, 0.3) is 5.82 Å². The lowest BCUT2D eigenvalue weighted by molar-refractivity contribution is 0.0514. The van der Waals surface area contributed by atoms with Gasteiger partial charge in [0.05, 0.1) is 6.26 Å². The summed E-state index contributed by atoms with van der Waals surface area (Å²) >= 11 is 0. The lowest BCUT2D eigenvalue weighted by Crippen LogP contribution is -2.50. The molecule has 1 fully saturated rings. The lowest BCUT2D eigenvalue weighted by atomic mass is 10.2. The lowest BCUT2D eigenvalue weighted by Gasteiger charge is -2.34. The smallest absolute Gasteiger partial charge is 0.289 e. The number of amides is 2. The van der Waals surface area contributed by atoms with Crippen LogP contribution < -0.4 is 0 Å². The third kappa shape index (κ3) is 3.04. The summed E-state index contributed by atoms with van der Waals surface area (Å²) < 4.78 is 6.59. The topological polar surface area (TPSA) is 110 Å². The van der Waals surface area contributed by atoms with Crippen molar-refractivity contribution < 1.29 is 14.0 Å². The van der Waals surface area contributed by atoms with E-state index < -0.39 is 0 Å². The first-order chi connectivity index (χ1) is 12.7. The number of carbonyl (C=O) groups excluding carboxylic acids is 2. The van der Waals surface area contributed by atoms with E-state index in [2.05, 4.69) is 20.3 Å². The zero-order valence-corrected chi connectivity index (χ0v) is 13.7. The third-order valence-corrected chi connectivity index (χ3v) is 4.11. The molecule has 4 rings (SSSR count). The molecule has 3 aromatic rings. The first-order valence-electron chi connectivity index (χ1n) is 8.03. The van der Waals surface area contributed by atoms with Crippen molar-refractivity contribution in [1.82, 2.24) is 34.8 Å².